The molecule has 0 N–H and O–H groups in total. The third kappa shape index (κ3) is 3.15. The molecule has 0 aliphatic carbocycles. The SMILES string of the molecule is O=C(CSc1nc2ccccc2s1)c1ccc([N+](=O)[O-])cc1. The molecule has 0 atom stereocenters. The zero-order chi connectivity index (χ0) is 15.5. The normalized spacial score (nSPS) is 10.7. The van der Waals surface area contributed by atoms with Crippen LogP contribution in [0.3, 0.4) is 0 Å². The molecular formula is C15H10N2O3S2. The Kier molecular flexibility index (Phi) is 4.17. The fourth-order valence-corrected chi connectivity index (χ4v) is 3.86. The number of carbonyl (C=O) groups excluding carboxylic acids is 1. The molecule has 3 aromatic rings. The molecule has 0 unspecified atom stereocenters. The highest BCUT2D eigenvalue weighted by Gasteiger charge is 2.11. The molecule has 1 aromatic heterocycles. The van der Waals surface area contributed by atoms with Gasteiger partial charge in [-0.1, -0.05) is 23.9 Å². The van der Waals surface area contributed by atoms with Crippen LogP contribution in [0.4, 0.5) is 5.69 Å². The second kappa shape index (κ2) is 6.25. The molecule has 0 fully saturated rings. The molecular weight excluding hydrogens is 320 g/mol. The van der Waals surface area contributed by atoms with Gasteiger partial charge in [0.15, 0.2) is 10.1 Å². The number of aromatic nitrogens is 1. The molecule has 7 heteroatoms. The Balaban J connectivity index is 1.67. The van der Waals surface area contributed by atoms with Gasteiger partial charge in [-0.05, 0) is 24.3 Å². The Morgan fingerprint density at radius 2 is 1.91 bits per heavy atom. The molecule has 22 heavy (non-hydrogen) atoms. The van der Waals surface area contributed by atoms with Crippen LogP contribution in [0, 0.1) is 10.1 Å². The van der Waals surface area contributed by atoms with Crippen LogP contribution >= 0.6 is 23.1 Å². The molecule has 0 bridgehead atoms. The lowest BCUT2D eigenvalue weighted by Crippen LogP contribution is -2.02. The van der Waals surface area contributed by atoms with Crippen LogP contribution < -0.4 is 0 Å². The average molecular weight is 330 g/mol. The van der Waals surface area contributed by atoms with E-state index < -0.39 is 4.92 Å². The summed E-state index contributed by atoms with van der Waals surface area (Å²) in [7, 11) is 0. The fourth-order valence-electron chi connectivity index (χ4n) is 1.89. The van der Waals surface area contributed by atoms with Crippen molar-refractivity contribution >= 4 is 44.8 Å². The number of carbonyl (C=O) groups is 1. The van der Waals surface area contributed by atoms with Gasteiger partial charge in [-0.3, -0.25) is 14.9 Å². The average Bonchev–Trinajstić information content (AvgIpc) is 2.95. The number of thiazole rings is 1. The Bertz CT molecular complexity index is 810. The lowest BCUT2D eigenvalue weighted by molar-refractivity contribution is -0.384. The van der Waals surface area contributed by atoms with E-state index in [4.69, 9.17) is 0 Å². The summed E-state index contributed by atoms with van der Waals surface area (Å²) in [5, 5.41) is 10.6. The highest BCUT2D eigenvalue weighted by molar-refractivity contribution is 8.01. The van der Waals surface area contributed by atoms with E-state index in [0.29, 0.717) is 5.56 Å². The molecule has 2 aromatic carbocycles. The number of non-ortho nitro benzene ring substituents is 1. The number of nitro benzene ring substituents is 1. The number of para-hydroxylation sites is 1. The zero-order valence-electron chi connectivity index (χ0n) is 11.3. The number of hydrogen-bond donors (Lipinski definition) is 0. The summed E-state index contributed by atoms with van der Waals surface area (Å²) in [4.78, 5) is 26.7. The molecule has 110 valence electrons. The van der Waals surface area contributed by atoms with Gasteiger partial charge in [-0.2, -0.15) is 0 Å². The van der Waals surface area contributed by atoms with E-state index in [1.165, 1.54) is 36.0 Å². The van der Waals surface area contributed by atoms with Crippen LogP contribution in [-0.2, 0) is 0 Å². The monoisotopic (exact) mass is 330 g/mol. The lowest BCUT2D eigenvalue weighted by Gasteiger charge is -1.99. The van der Waals surface area contributed by atoms with Crippen LogP contribution in [-0.4, -0.2) is 21.4 Å². The van der Waals surface area contributed by atoms with Gasteiger partial charge in [0.25, 0.3) is 5.69 Å². The Hall–Kier alpha value is -2.25. The second-order valence-corrected chi connectivity index (χ2v) is 6.72. The minimum absolute atomic E-state index is 0.0182. The van der Waals surface area contributed by atoms with Gasteiger partial charge in [0.1, 0.15) is 0 Å². The Labute approximate surface area is 134 Å². The van der Waals surface area contributed by atoms with Crippen LogP contribution in [0.1, 0.15) is 10.4 Å². The highest BCUT2D eigenvalue weighted by Crippen LogP contribution is 2.29. The number of nitrogens with zero attached hydrogens (tertiary/aromatic N) is 2. The molecule has 0 spiro atoms. The van der Waals surface area contributed by atoms with Crippen LogP contribution in [0.25, 0.3) is 10.2 Å². The fraction of sp³-hybridized carbons (Fsp3) is 0.0667. The van der Waals surface area contributed by atoms with Gasteiger partial charge in [0, 0.05) is 17.7 Å². The Morgan fingerprint density at radius 3 is 2.59 bits per heavy atom. The minimum Gasteiger partial charge on any atom is -0.293 e. The van der Waals surface area contributed by atoms with Crippen LogP contribution in [0.5, 0.6) is 0 Å². The maximum atomic E-state index is 12.1. The Morgan fingerprint density at radius 1 is 1.18 bits per heavy atom. The predicted octanol–water partition coefficient (Wildman–Crippen LogP) is 4.18. The molecule has 1 heterocycles. The molecule has 0 saturated heterocycles. The van der Waals surface area contributed by atoms with E-state index in [9.17, 15) is 14.9 Å². The first kappa shape index (κ1) is 14.7. The number of thioether (sulfide) groups is 1. The highest BCUT2D eigenvalue weighted by atomic mass is 32.2. The molecule has 5 nitrogen and oxygen atoms in total. The zero-order valence-corrected chi connectivity index (χ0v) is 12.9. The summed E-state index contributed by atoms with van der Waals surface area (Å²) in [6, 6.07) is 13.5. The number of rotatable bonds is 5. The summed E-state index contributed by atoms with van der Waals surface area (Å²) in [5.74, 6) is 0.191. The van der Waals surface area contributed by atoms with Crippen LogP contribution in [0.15, 0.2) is 52.9 Å². The van der Waals surface area contributed by atoms with E-state index >= 15 is 0 Å². The first-order valence-electron chi connectivity index (χ1n) is 6.39. The number of hydrogen-bond acceptors (Lipinski definition) is 6. The minimum atomic E-state index is -0.482. The second-order valence-electron chi connectivity index (χ2n) is 4.46. The molecule has 0 aliphatic rings. The number of ketones is 1. The maximum absolute atomic E-state index is 12.1. The molecule has 3 rings (SSSR count). The number of fused-ring (bicyclic) bond motifs is 1. The standard InChI is InChI=1S/C15H10N2O3S2/c18-13(10-5-7-11(8-6-10)17(19)20)9-21-15-16-12-3-1-2-4-14(12)22-15/h1-8H,9H2. The molecule has 0 radical (unpaired) electrons. The first-order chi connectivity index (χ1) is 10.6. The predicted molar refractivity (Wildman–Crippen MR) is 87.8 cm³/mol. The first-order valence-corrected chi connectivity index (χ1v) is 8.20. The quantitative estimate of drug-likeness (QED) is 0.304. The van der Waals surface area contributed by atoms with Crippen molar-refractivity contribution in [3.8, 4) is 0 Å². The van der Waals surface area contributed by atoms with E-state index in [0.717, 1.165) is 14.6 Å². The van der Waals surface area contributed by atoms with Crippen molar-refractivity contribution in [1.29, 1.82) is 0 Å². The summed E-state index contributed by atoms with van der Waals surface area (Å²) in [6.07, 6.45) is 0. The van der Waals surface area contributed by atoms with Crippen molar-refractivity contribution in [2.75, 3.05) is 5.75 Å². The van der Waals surface area contributed by atoms with Gasteiger partial charge in [-0.25, -0.2) is 4.98 Å². The summed E-state index contributed by atoms with van der Waals surface area (Å²) < 4.78 is 1.93. The van der Waals surface area contributed by atoms with Gasteiger partial charge in [0.05, 0.1) is 20.9 Å². The van der Waals surface area contributed by atoms with Crippen LogP contribution in [0.2, 0.25) is 0 Å². The third-order valence-electron chi connectivity index (χ3n) is 3.00. The molecule has 0 aliphatic heterocycles. The van der Waals surface area contributed by atoms with E-state index in [1.54, 1.807) is 11.3 Å². The van der Waals surface area contributed by atoms with Crippen molar-refractivity contribution in [2.24, 2.45) is 0 Å². The number of benzene rings is 2. The smallest absolute Gasteiger partial charge is 0.269 e. The van der Waals surface area contributed by atoms with Gasteiger partial charge < -0.3 is 0 Å². The summed E-state index contributed by atoms with van der Waals surface area (Å²) in [5.41, 5.74) is 1.38. The summed E-state index contributed by atoms with van der Waals surface area (Å²) >= 11 is 2.93. The molecule has 0 saturated carbocycles. The lowest BCUT2D eigenvalue weighted by atomic mass is 10.1. The topological polar surface area (TPSA) is 73.1 Å². The summed E-state index contributed by atoms with van der Waals surface area (Å²) in [6.45, 7) is 0. The maximum Gasteiger partial charge on any atom is 0.269 e. The van der Waals surface area contributed by atoms with Crippen molar-refractivity contribution in [2.45, 2.75) is 4.34 Å². The van der Waals surface area contributed by atoms with E-state index in [1.807, 2.05) is 24.3 Å². The van der Waals surface area contributed by atoms with Crippen molar-refractivity contribution in [3.63, 3.8) is 0 Å². The van der Waals surface area contributed by atoms with Crippen molar-refractivity contribution in [3.05, 3.63) is 64.2 Å². The number of Topliss-reactive ketones (excluding diaryl/α,β-unsaturated/α-hetero) is 1. The van der Waals surface area contributed by atoms with E-state index in [-0.39, 0.29) is 17.2 Å². The van der Waals surface area contributed by atoms with Gasteiger partial charge in [-0.15, -0.1) is 11.3 Å². The third-order valence-corrected chi connectivity index (χ3v) is 5.18. The largest absolute Gasteiger partial charge is 0.293 e. The van der Waals surface area contributed by atoms with E-state index in [2.05, 4.69) is 4.98 Å². The van der Waals surface area contributed by atoms with Gasteiger partial charge >= 0.3 is 0 Å². The number of nitro groups is 1. The van der Waals surface area contributed by atoms with Crippen molar-refractivity contribution < 1.29 is 9.72 Å². The van der Waals surface area contributed by atoms with Gasteiger partial charge in [0.2, 0.25) is 0 Å². The van der Waals surface area contributed by atoms with Crippen molar-refractivity contribution in [1.82, 2.24) is 4.98 Å². The molecule has 0 amide bonds.